The lowest BCUT2D eigenvalue weighted by molar-refractivity contribution is 0.0937. The second-order valence-corrected chi connectivity index (χ2v) is 6.03. The van der Waals surface area contributed by atoms with Gasteiger partial charge in [0.2, 0.25) is 0 Å². The lowest BCUT2D eigenvalue weighted by Gasteiger charge is -2.16. The van der Waals surface area contributed by atoms with Crippen molar-refractivity contribution in [1.29, 1.82) is 0 Å². The van der Waals surface area contributed by atoms with Crippen molar-refractivity contribution in [3.8, 4) is 0 Å². The van der Waals surface area contributed by atoms with E-state index in [-0.39, 0.29) is 11.9 Å². The van der Waals surface area contributed by atoms with Crippen LogP contribution in [0.1, 0.15) is 22.8 Å². The fourth-order valence-electron chi connectivity index (χ4n) is 2.54. The number of carbonyl (C=O) groups is 1. The first-order chi connectivity index (χ1) is 12.1. The Kier molecular flexibility index (Phi) is 5.09. The summed E-state index contributed by atoms with van der Waals surface area (Å²) in [5, 5.41) is 10.4. The molecule has 0 spiro atoms. The summed E-state index contributed by atoms with van der Waals surface area (Å²) in [5.74, 6) is -0.122. The summed E-state index contributed by atoms with van der Waals surface area (Å²) in [6, 6.07) is 15.5. The van der Waals surface area contributed by atoms with Crippen LogP contribution in [-0.2, 0) is 6.54 Å². The molecule has 0 saturated heterocycles. The Bertz CT molecular complexity index is 827. The average molecular weight is 335 g/mol. The van der Waals surface area contributed by atoms with Crippen LogP contribution in [-0.4, -0.2) is 26.7 Å². The maximum atomic E-state index is 12.7. The summed E-state index contributed by atoms with van der Waals surface area (Å²) in [5.41, 5.74) is 3.52. The maximum absolute atomic E-state index is 12.7. The van der Waals surface area contributed by atoms with Crippen LogP contribution in [0.5, 0.6) is 0 Å². The third-order valence-electron chi connectivity index (χ3n) is 3.81. The van der Waals surface area contributed by atoms with Crippen molar-refractivity contribution in [2.24, 2.45) is 0 Å². The molecule has 0 fully saturated rings. The van der Waals surface area contributed by atoms with Crippen LogP contribution in [0.15, 0.2) is 61.2 Å². The van der Waals surface area contributed by atoms with Gasteiger partial charge in [0.1, 0.15) is 12.7 Å². The quantitative estimate of drug-likeness (QED) is 0.726. The molecule has 1 aromatic heterocycles. The van der Waals surface area contributed by atoms with Crippen molar-refractivity contribution in [3.05, 3.63) is 72.3 Å². The fraction of sp³-hybridized carbons (Fsp3) is 0.211. The highest BCUT2D eigenvalue weighted by Gasteiger charge is 2.14. The Morgan fingerprint density at radius 2 is 1.92 bits per heavy atom. The zero-order chi connectivity index (χ0) is 17.6. The van der Waals surface area contributed by atoms with Gasteiger partial charge in [-0.25, -0.2) is 4.98 Å². The highest BCUT2D eigenvalue weighted by Crippen LogP contribution is 2.21. The van der Waals surface area contributed by atoms with Crippen LogP contribution < -0.4 is 10.6 Å². The monoisotopic (exact) mass is 335 g/mol. The number of amides is 1. The van der Waals surface area contributed by atoms with Crippen molar-refractivity contribution >= 4 is 17.3 Å². The molecule has 0 radical (unpaired) electrons. The lowest BCUT2D eigenvalue weighted by Crippen LogP contribution is -2.36. The predicted molar refractivity (Wildman–Crippen MR) is 97.9 cm³/mol. The Hall–Kier alpha value is -3.15. The number of nitrogens with zero attached hydrogens (tertiary/aromatic N) is 3. The number of aromatic nitrogens is 3. The van der Waals surface area contributed by atoms with E-state index < -0.39 is 0 Å². The van der Waals surface area contributed by atoms with Gasteiger partial charge in [-0.3, -0.25) is 9.48 Å². The van der Waals surface area contributed by atoms with Gasteiger partial charge in [0.15, 0.2) is 0 Å². The molecule has 1 heterocycles. The molecule has 6 heteroatoms. The van der Waals surface area contributed by atoms with E-state index in [1.165, 1.54) is 11.9 Å². The van der Waals surface area contributed by atoms with Crippen LogP contribution in [0.25, 0.3) is 0 Å². The van der Waals surface area contributed by atoms with Crippen LogP contribution >= 0.6 is 0 Å². The Balaban J connectivity index is 1.70. The number of nitrogens with one attached hydrogen (secondary N) is 2. The standard InChI is InChI=1S/C19H21N5O/c1-14-7-9-16(10-8-14)23-18-6-4-3-5-17(18)19(25)22-15(2)11-24-13-20-12-21-24/h3-10,12-13,15,23H,11H2,1-2H3,(H,22,25). The normalized spacial score (nSPS) is 11.8. The summed E-state index contributed by atoms with van der Waals surface area (Å²) in [4.78, 5) is 16.6. The summed E-state index contributed by atoms with van der Waals surface area (Å²) in [6.45, 7) is 4.55. The molecule has 0 saturated carbocycles. The van der Waals surface area contributed by atoms with E-state index in [1.807, 2.05) is 62.4 Å². The molecule has 0 bridgehead atoms. The molecule has 128 valence electrons. The van der Waals surface area contributed by atoms with Crippen LogP contribution in [0.3, 0.4) is 0 Å². The summed E-state index contributed by atoms with van der Waals surface area (Å²) in [7, 11) is 0. The van der Waals surface area contributed by atoms with Crippen LogP contribution in [0.2, 0.25) is 0 Å². The van der Waals surface area contributed by atoms with E-state index in [1.54, 1.807) is 11.0 Å². The third-order valence-corrected chi connectivity index (χ3v) is 3.81. The third kappa shape index (κ3) is 4.44. The zero-order valence-electron chi connectivity index (χ0n) is 14.3. The molecule has 1 unspecified atom stereocenters. The molecule has 6 nitrogen and oxygen atoms in total. The first-order valence-corrected chi connectivity index (χ1v) is 8.18. The SMILES string of the molecule is Cc1ccc(Nc2ccccc2C(=O)NC(C)Cn2cncn2)cc1. The molecule has 3 rings (SSSR count). The van der Waals surface area contributed by atoms with Gasteiger partial charge < -0.3 is 10.6 Å². The van der Waals surface area contributed by atoms with Gasteiger partial charge in [0.05, 0.1) is 17.8 Å². The summed E-state index contributed by atoms with van der Waals surface area (Å²) >= 11 is 0. The fourth-order valence-corrected chi connectivity index (χ4v) is 2.54. The topological polar surface area (TPSA) is 71.8 Å². The Morgan fingerprint density at radius 3 is 2.64 bits per heavy atom. The first kappa shape index (κ1) is 16.7. The maximum Gasteiger partial charge on any atom is 0.253 e. The van der Waals surface area contributed by atoms with Gasteiger partial charge in [-0.05, 0) is 38.1 Å². The highest BCUT2D eigenvalue weighted by atomic mass is 16.1. The first-order valence-electron chi connectivity index (χ1n) is 8.18. The zero-order valence-corrected chi connectivity index (χ0v) is 14.3. The number of aryl methyl sites for hydroxylation is 1. The Morgan fingerprint density at radius 1 is 1.16 bits per heavy atom. The summed E-state index contributed by atoms with van der Waals surface area (Å²) in [6.07, 6.45) is 3.12. The largest absolute Gasteiger partial charge is 0.355 e. The predicted octanol–water partition coefficient (Wildman–Crippen LogP) is 3.15. The van der Waals surface area contributed by atoms with Gasteiger partial charge in [0.25, 0.3) is 5.91 Å². The van der Waals surface area contributed by atoms with E-state index in [9.17, 15) is 4.79 Å². The molecule has 2 aromatic carbocycles. The van der Waals surface area contributed by atoms with Crippen molar-refractivity contribution in [3.63, 3.8) is 0 Å². The Labute approximate surface area is 146 Å². The summed E-state index contributed by atoms with van der Waals surface area (Å²) < 4.78 is 1.70. The van der Waals surface area contributed by atoms with E-state index in [0.29, 0.717) is 12.1 Å². The number of para-hydroxylation sites is 1. The second kappa shape index (κ2) is 7.61. The van der Waals surface area contributed by atoms with E-state index in [4.69, 9.17) is 0 Å². The average Bonchev–Trinajstić information content (AvgIpc) is 3.10. The van der Waals surface area contributed by atoms with Crippen LogP contribution in [0.4, 0.5) is 11.4 Å². The molecule has 2 N–H and O–H groups in total. The number of rotatable bonds is 6. The second-order valence-electron chi connectivity index (χ2n) is 6.03. The van der Waals surface area contributed by atoms with Gasteiger partial charge in [-0.2, -0.15) is 5.10 Å². The van der Waals surface area contributed by atoms with Crippen molar-refractivity contribution in [2.75, 3.05) is 5.32 Å². The number of hydrogen-bond donors (Lipinski definition) is 2. The number of hydrogen-bond acceptors (Lipinski definition) is 4. The lowest BCUT2D eigenvalue weighted by atomic mass is 10.1. The highest BCUT2D eigenvalue weighted by molar-refractivity contribution is 6.00. The van der Waals surface area contributed by atoms with E-state index >= 15 is 0 Å². The molecular formula is C19H21N5O. The van der Waals surface area contributed by atoms with E-state index in [0.717, 1.165) is 11.4 Å². The molecule has 25 heavy (non-hydrogen) atoms. The van der Waals surface area contributed by atoms with Gasteiger partial charge in [0, 0.05) is 11.7 Å². The molecular weight excluding hydrogens is 314 g/mol. The molecule has 0 aliphatic heterocycles. The molecule has 0 aliphatic carbocycles. The smallest absolute Gasteiger partial charge is 0.253 e. The molecule has 1 amide bonds. The number of anilines is 2. The minimum Gasteiger partial charge on any atom is -0.355 e. The molecule has 3 aromatic rings. The van der Waals surface area contributed by atoms with E-state index in [2.05, 4.69) is 20.7 Å². The van der Waals surface area contributed by atoms with Gasteiger partial charge in [-0.15, -0.1) is 0 Å². The van der Waals surface area contributed by atoms with Crippen molar-refractivity contribution in [1.82, 2.24) is 20.1 Å². The molecule has 0 aliphatic rings. The van der Waals surface area contributed by atoms with Gasteiger partial charge in [-0.1, -0.05) is 29.8 Å². The van der Waals surface area contributed by atoms with Crippen molar-refractivity contribution < 1.29 is 4.79 Å². The minimum absolute atomic E-state index is 0.0679. The minimum atomic E-state index is -0.122. The van der Waals surface area contributed by atoms with Gasteiger partial charge >= 0.3 is 0 Å². The number of benzene rings is 2. The molecule has 1 atom stereocenters. The van der Waals surface area contributed by atoms with Crippen LogP contribution in [0, 0.1) is 6.92 Å². The van der Waals surface area contributed by atoms with Crippen molar-refractivity contribution in [2.45, 2.75) is 26.4 Å². The number of carbonyl (C=O) groups excluding carboxylic acids is 1.